The van der Waals surface area contributed by atoms with Gasteiger partial charge in [0, 0.05) is 43.0 Å². The molecule has 7 nitrogen and oxygen atoms in total. The number of rotatable bonds is 8. The Hall–Kier alpha value is -2.84. The molecule has 1 heterocycles. The van der Waals surface area contributed by atoms with E-state index in [0.29, 0.717) is 37.6 Å². The lowest BCUT2D eigenvalue weighted by Crippen LogP contribution is -2.30. The zero-order chi connectivity index (χ0) is 22.6. The smallest absolute Gasteiger partial charge is 0.251 e. The number of carbonyl (C=O) groups is 1. The van der Waals surface area contributed by atoms with Gasteiger partial charge in [-0.15, -0.1) is 0 Å². The highest BCUT2D eigenvalue weighted by Crippen LogP contribution is 2.32. The van der Waals surface area contributed by atoms with E-state index in [4.69, 9.17) is 9.47 Å². The number of benzene rings is 2. The molecule has 0 atom stereocenters. The second kappa shape index (κ2) is 9.53. The van der Waals surface area contributed by atoms with Crippen LogP contribution in [-0.2, 0) is 21.2 Å². The summed E-state index contributed by atoms with van der Waals surface area (Å²) in [6, 6.07) is 10.4. The molecule has 2 aromatic rings. The van der Waals surface area contributed by atoms with Crippen LogP contribution >= 0.6 is 0 Å². The van der Waals surface area contributed by atoms with Gasteiger partial charge in [-0.25, -0.2) is 8.42 Å². The van der Waals surface area contributed by atoms with Gasteiger partial charge in [-0.2, -0.15) is 4.31 Å². The zero-order valence-corrected chi connectivity index (χ0v) is 19.1. The average Bonchev–Trinajstić information content (AvgIpc) is 3.21. The van der Waals surface area contributed by atoms with Crippen LogP contribution in [0.1, 0.15) is 25.0 Å². The minimum absolute atomic E-state index is 0.170. The molecule has 3 rings (SSSR count). The summed E-state index contributed by atoms with van der Waals surface area (Å²) < 4.78 is 37.6. The second-order valence-corrected chi connectivity index (χ2v) is 9.00. The molecule has 0 unspecified atom stereocenters. The van der Waals surface area contributed by atoms with Gasteiger partial charge in [0.15, 0.2) is 0 Å². The van der Waals surface area contributed by atoms with Crippen molar-refractivity contribution in [1.82, 2.24) is 4.31 Å². The molecule has 2 aromatic carbocycles. The van der Waals surface area contributed by atoms with Crippen molar-refractivity contribution in [3.05, 3.63) is 53.6 Å². The molecule has 0 spiro atoms. The van der Waals surface area contributed by atoms with E-state index in [9.17, 15) is 13.2 Å². The molecule has 1 amide bonds. The maximum atomic E-state index is 12.8. The van der Waals surface area contributed by atoms with Gasteiger partial charge in [-0.05, 0) is 48.4 Å². The maximum Gasteiger partial charge on any atom is 0.251 e. The van der Waals surface area contributed by atoms with Gasteiger partial charge in [0.05, 0.1) is 19.1 Å². The fourth-order valence-corrected chi connectivity index (χ4v) is 5.20. The first kappa shape index (κ1) is 22.8. The van der Waals surface area contributed by atoms with E-state index in [1.54, 1.807) is 55.5 Å². The predicted octanol–water partition coefficient (Wildman–Crippen LogP) is 3.34. The Morgan fingerprint density at radius 3 is 2.48 bits per heavy atom. The lowest BCUT2D eigenvalue weighted by molar-refractivity contribution is -0.114. The number of carbonyl (C=O) groups excluding carboxylic acids is 1. The number of methoxy groups -OCH3 is 2. The van der Waals surface area contributed by atoms with Crippen molar-refractivity contribution in [2.75, 3.05) is 38.8 Å². The molecule has 1 aliphatic rings. The molecule has 31 heavy (non-hydrogen) atoms. The molecule has 0 aliphatic carbocycles. The van der Waals surface area contributed by atoms with Crippen LogP contribution < -0.4 is 14.4 Å². The highest BCUT2D eigenvalue weighted by Gasteiger charge is 2.27. The SMILES string of the molecule is CCN(CC)S(=O)(=O)c1ccc2c(c1)CCN2C(=O)C=Cc1ccc(OC)cc1OC. The fraction of sp³-hybridized carbons (Fsp3) is 0.348. The number of hydrogen-bond acceptors (Lipinski definition) is 5. The van der Waals surface area contributed by atoms with Crippen molar-refractivity contribution < 1.29 is 22.7 Å². The molecule has 0 fully saturated rings. The summed E-state index contributed by atoms with van der Waals surface area (Å²) in [5, 5.41) is 0. The van der Waals surface area contributed by atoms with E-state index in [1.165, 1.54) is 10.4 Å². The number of nitrogens with zero attached hydrogens (tertiary/aromatic N) is 2. The van der Waals surface area contributed by atoms with E-state index in [0.717, 1.165) is 16.8 Å². The fourth-order valence-electron chi connectivity index (χ4n) is 3.69. The zero-order valence-electron chi connectivity index (χ0n) is 18.3. The molecule has 0 aromatic heterocycles. The molecular formula is C23H28N2O5S. The highest BCUT2D eigenvalue weighted by molar-refractivity contribution is 7.89. The van der Waals surface area contributed by atoms with Crippen molar-refractivity contribution in [2.24, 2.45) is 0 Å². The van der Waals surface area contributed by atoms with Gasteiger partial charge in [-0.3, -0.25) is 4.79 Å². The molecule has 166 valence electrons. The largest absolute Gasteiger partial charge is 0.497 e. The van der Waals surface area contributed by atoms with Crippen LogP contribution in [0.2, 0.25) is 0 Å². The molecule has 0 saturated carbocycles. The second-order valence-electron chi connectivity index (χ2n) is 7.06. The topological polar surface area (TPSA) is 76.2 Å². The van der Waals surface area contributed by atoms with Crippen LogP contribution in [-0.4, -0.2) is 52.5 Å². The quantitative estimate of drug-likeness (QED) is 0.584. The summed E-state index contributed by atoms with van der Waals surface area (Å²) in [4.78, 5) is 14.8. The lowest BCUT2D eigenvalue weighted by Gasteiger charge is -2.19. The van der Waals surface area contributed by atoms with Crippen molar-refractivity contribution in [1.29, 1.82) is 0 Å². The predicted molar refractivity (Wildman–Crippen MR) is 121 cm³/mol. The summed E-state index contributed by atoms with van der Waals surface area (Å²) in [5.74, 6) is 1.11. The van der Waals surface area contributed by atoms with Crippen LogP contribution in [0.3, 0.4) is 0 Å². The third-order valence-corrected chi connectivity index (χ3v) is 7.45. The van der Waals surface area contributed by atoms with Crippen molar-refractivity contribution >= 4 is 27.7 Å². The first-order valence-electron chi connectivity index (χ1n) is 10.2. The van der Waals surface area contributed by atoms with Gasteiger partial charge >= 0.3 is 0 Å². The standard InChI is InChI=1S/C23H28N2O5S/c1-5-24(6-2)31(27,28)20-10-11-21-18(15-20)13-14-25(21)23(26)12-8-17-7-9-19(29-3)16-22(17)30-4/h7-12,15-16H,5-6,13-14H2,1-4H3. The van der Waals surface area contributed by atoms with Crippen molar-refractivity contribution in [3.63, 3.8) is 0 Å². The van der Waals surface area contributed by atoms with E-state index in [-0.39, 0.29) is 10.8 Å². The Balaban J connectivity index is 1.82. The highest BCUT2D eigenvalue weighted by atomic mass is 32.2. The molecule has 0 radical (unpaired) electrons. The normalized spacial score (nSPS) is 13.6. The van der Waals surface area contributed by atoms with Crippen LogP contribution in [0.25, 0.3) is 6.08 Å². The van der Waals surface area contributed by atoms with E-state index < -0.39 is 10.0 Å². The Labute approximate surface area is 183 Å². The maximum absolute atomic E-state index is 12.8. The first-order chi connectivity index (χ1) is 14.8. The van der Waals surface area contributed by atoms with Crippen molar-refractivity contribution in [2.45, 2.75) is 25.2 Å². The molecular weight excluding hydrogens is 416 g/mol. The molecule has 1 aliphatic heterocycles. The lowest BCUT2D eigenvalue weighted by atomic mass is 10.1. The summed E-state index contributed by atoms with van der Waals surface area (Å²) >= 11 is 0. The summed E-state index contributed by atoms with van der Waals surface area (Å²) in [6.07, 6.45) is 3.82. The minimum Gasteiger partial charge on any atom is -0.497 e. The summed E-state index contributed by atoms with van der Waals surface area (Å²) in [6.45, 7) is 4.98. The molecule has 0 N–H and O–H groups in total. The number of amides is 1. The van der Waals surface area contributed by atoms with Crippen LogP contribution in [0, 0.1) is 0 Å². The molecule has 0 saturated heterocycles. The number of sulfonamides is 1. The Kier molecular flexibility index (Phi) is 7.02. The number of anilines is 1. The number of ether oxygens (including phenoxy) is 2. The van der Waals surface area contributed by atoms with E-state index >= 15 is 0 Å². The third kappa shape index (κ3) is 4.60. The van der Waals surface area contributed by atoms with Gasteiger partial charge in [0.1, 0.15) is 11.5 Å². The average molecular weight is 445 g/mol. The van der Waals surface area contributed by atoms with Gasteiger partial charge in [0.2, 0.25) is 10.0 Å². The van der Waals surface area contributed by atoms with Crippen LogP contribution in [0.15, 0.2) is 47.4 Å². The molecule has 8 heteroatoms. The van der Waals surface area contributed by atoms with Crippen LogP contribution in [0.4, 0.5) is 5.69 Å². The van der Waals surface area contributed by atoms with Gasteiger partial charge < -0.3 is 14.4 Å². The Bertz CT molecular complexity index is 1090. The van der Waals surface area contributed by atoms with Gasteiger partial charge in [-0.1, -0.05) is 13.8 Å². The third-order valence-electron chi connectivity index (χ3n) is 5.40. The molecule has 0 bridgehead atoms. The monoisotopic (exact) mass is 444 g/mol. The van der Waals surface area contributed by atoms with E-state index in [2.05, 4.69) is 0 Å². The van der Waals surface area contributed by atoms with Crippen molar-refractivity contribution in [3.8, 4) is 11.5 Å². The Morgan fingerprint density at radius 2 is 1.84 bits per heavy atom. The summed E-state index contributed by atoms with van der Waals surface area (Å²) in [5.41, 5.74) is 2.36. The first-order valence-corrected chi connectivity index (χ1v) is 11.6. The number of hydrogen-bond donors (Lipinski definition) is 0. The number of fused-ring (bicyclic) bond motifs is 1. The minimum atomic E-state index is -3.53. The van der Waals surface area contributed by atoms with Gasteiger partial charge in [0.25, 0.3) is 5.91 Å². The summed E-state index contributed by atoms with van der Waals surface area (Å²) in [7, 11) is -0.384. The van der Waals surface area contributed by atoms with Crippen LogP contribution in [0.5, 0.6) is 11.5 Å². The van der Waals surface area contributed by atoms with E-state index in [1.807, 2.05) is 19.9 Å². The Morgan fingerprint density at radius 1 is 1.10 bits per heavy atom.